The van der Waals surface area contributed by atoms with Gasteiger partial charge in [-0.15, -0.1) is 0 Å². The van der Waals surface area contributed by atoms with Crippen molar-refractivity contribution < 1.29 is 22.7 Å². The van der Waals surface area contributed by atoms with Crippen molar-refractivity contribution in [2.75, 3.05) is 11.8 Å². The number of hydrogen-bond donors (Lipinski definition) is 2. The van der Waals surface area contributed by atoms with Crippen LogP contribution in [0.4, 0.5) is 10.5 Å². The third-order valence-electron chi connectivity index (χ3n) is 2.16. The van der Waals surface area contributed by atoms with Crippen LogP contribution < -0.4 is 14.2 Å². The highest BCUT2D eigenvalue weighted by molar-refractivity contribution is 7.91. The molecule has 1 rings (SSSR count). The average molecular weight is 313 g/mol. The molecule has 0 unspecified atom stereocenters. The summed E-state index contributed by atoms with van der Waals surface area (Å²) in [6.45, 7) is 3.15. The van der Waals surface area contributed by atoms with E-state index in [-0.39, 0.29) is 17.0 Å². The fourth-order valence-electron chi connectivity index (χ4n) is 1.41. The predicted octanol–water partition coefficient (Wildman–Crippen LogP) is 1.36. The minimum absolute atomic E-state index is 0.0527. The second-order valence-corrected chi connectivity index (χ2v) is 5.57. The van der Waals surface area contributed by atoms with Crippen LogP contribution in [0.2, 0.25) is 0 Å². The first-order chi connectivity index (χ1) is 9.79. The van der Waals surface area contributed by atoms with E-state index in [1.807, 2.05) is 6.07 Å². The summed E-state index contributed by atoms with van der Waals surface area (Å²) in [4.78, 5) is 11.3. The molecule has 114 valence electrons. The van der Waals surface area contributed by atoms with Crippen molar-refractivity contribution in [1.29, 1.82) is 5.26 Å². The van der Waals surface area contributed by atoms with Crippen LogP contribution in [0.1, 0.15) is 19.4 Å². The lowest BCUT2D eigenvalue weighted by molar-refractivity contribution is 0.121. The lowest BCUT2D eigenvalue weighted by Gasteiger charge is -2.14. The van der Waals surface area contributed by atoms with Crippen molar-refractivity contribution in [1.82, 2.24) is 4.72 Å². The zero-order valence-corrected chi connectivity index (χ0v) is 12.5. The number of carbonyl (C=O) groups is 1. The summed E-state index contributed by atoms with van der Waals surface area (Å²) in [5.74, 6) is 0.150. The number of nitrogens with one attached hydrogen (secondary N) is 2. The minimum atomic E-state index is -4.25. The Bertz CT molecular complexity index is 664. The quantitative estimate of drug-likeness (QED) is 0.847. The van der Waals surface area contributed by atoms with E-state index in [2.05, 4.69) is 9.46 Å². The summed E-state index contributed by atoms with van der Waals surface area (Å²) in [5, 5.41) is 8.98. The molecule has 1 amide bonds. The molecule has 0 aliphatic carbocycles. The van der Waals surface area contributed by atoms with Crippen molar-refractivity contribution >= 4 is 22.0 Å². The van der Waals surface area contributed by atoms with Crippen molar-refractivity contribution in [3.63, 3.8) is 0 Å². The number of nitriles is 1. The second kappa shape index (κ2) is 6.81. The summed E-state index contributed by atoms with van der Waals surface area (Å²) in [6, 6.07) is 6.25. The molecule has 0 aliphatic rings. The van der Waals surface area contributed by atoms with Crippen LogP contribution in [-0.2, 0) is 14.9 Å². The summed E-state index contributed by atoms with van der Waals surface area (Å²) in [6.07, 6.45) is -1.59. The molecule has 0 atom stereocenters. The second-order valence-electron chi connectivity index (χ2n) is 4.16. The van der Waals surface area contributed by atoms with Gasteiger partial charge in [0, 0.05) is 0 Å². The maximum atomic E-state index is 11.8. The molecule has 9 heteroatoms. The Kier molecular flexibility index (Phi) is 5.37. The van der Waals surface area contributed by atoms with Crippen LogP contribution in [0.5, 0.6) is 5.75 Å². The van der Waals surface area contributed by atoms with E-state index in [0.29, 0.717) is 0 Å². The summed E-state index contributed by atoms with van der Waals surface area (Å²) in [5.41, 5.74) is -0.00991. The number of para-hydroxylation sites is 1. The van der Waals surface area contributed by atoms with E-state index in [9.17, 15) is 13.2 Å². The molecule has 1 aromatic rings. The Balaban J connectivity index is 3.00. The third kappa shape index (κ3) is 4.85. The molecular formula is C12H15N3O5S. The monoisotopic (exact) mass is 313 g/mol. The number of anilines is 1. The largest absolute Gasteiger partial charge is 0.495 e. The van der Waals surface area contributed by atoms with Gasteiger partial charge in [0.2, 0.25) is 0 Å². The van der Waals surface area contributed by atoms with E-state index in [1.54, 1.807) is 18.6 Å². The third-order valence-corrected chi connectivity index (χ3v) is 3.07. The lowest BCUT2D eigenvalue weighted by atomic mass is 10.2. The normalized spacial score (nSPS) is 10.6. The maximum Gasteiger partial charge on any atom is 0.422 e. The number of ether oxygens (including phenoxy) is 2. The summed E-state index contributed by atoms with van der Waals surface area (Å²) >= 11 is 0. The first-order valence-electron chi connectivity index (χ1n) is 5.87. The Morgan fingerprint density at radius 1 is 1.38 bits per heavy atom. The van der Waals surface area contributed by atoms with E-state index >= 15 is 0 Å². The van der Waals surface area contributed by atoms with Crippen molar-refractivity contribution in [3.05, 3.63) is 23.8 Å². The van der Waals surface area contributed by atoms with Crippen LogP contribution in [-0.4, -0.2) is 27.7 Å². The molecule has 21 heavy (non-hydrogen) atoms. The van der Waals surface area contributed by atoms with E-state index in [1.165, 1.54) is 25.3 Å². The predicted molar refractivity (Wildman–Crippen MR) is 75.0 cm³/mol. The molecule has 2 N–H and O–H groups in total. The number of nitrogens with zero attached hydrogens (tertiary/aromatic N) is 1. The zero-order chi connectivity index (χ0) is 16.0. The first kappa shape index (κ1) is 16.6. The smallest absolute Gasteiger partial charge is 0.422 e. The van der Waals surface area contributed by atoms with Crippen molar-refractivity contribution in [2.45, 2.75) is 20.0 Å². The molecule has 0 spiro atoms. The van der Waals surface area contributed by atoms with Crippen molar-refractivity contribution in [3.8, 4) is 11.8 Å². The van der Waals surface area contributed by atoms with Crippen LogP contribution in [0.25, 0.3) is 0 Å². The number of hydrogen-bond acceptors (Lipinski definition) is 6. The van der Waals surface area contributed by atoms with Gasteiger partial charge in [0.15, 0.2) is 0 Å². The average Bonchev–Trinajstić information content (AvgIpc) is 2.36. The highest BCUT2D eigenvalue weighted by Gasteiger charge is 2.20. The highest BCUT2D eigenvalue weighted by atomic mass is 32.2. The van der Waals surface area contributed by atoms with Gasteiger partial charge < -0.3 is 9.47 Å². The van der Waals surface area contributed by atoms with Gasteiger partial charge in [0.25, 0.3) is 0 Å². The van der Waals surface area contributed by atoms with E-state index < -0.39 is 22.4 Å². The molecule has 0 saturated heterocycles. The Morgan fingerprint density at radius 3 is 2.57 bits per heavy atom. The van der Waals surface area contributed by atoms with Gasteiger partial charge in [0.05, 0.1) is 18.8 Å². The van der Waals surface area contributed by atoms with Gasteiger partial charge in [0.1, 0.15) is 17.5 Å². The molecule has 8 nitrogen and oxygen atoms in total. The van der Waals surface area contributed by atoms with E-state index in [4.69, 9.17) is 10.00 Å². The highest BCUT2D eigenvalue weighted by Crippen LogP contribution is 2.28. The molecule has 0 bridgehead atoms. The lowest BCUT2D eigenvalue weighted by Crippen LogP contribution is -2.37. The molecule has 0 saturated carbocycles. The number of benzene rings is 1. The molecule has 1 aromatic carbocycles. The Morgan fingerprint density at radius 2 is 2.05 bits per heavy atom. The van der Waals surface area contributed by atoms with Crippen LogP contribution in [0.3, 0.4) is 0 Å². The van der Waals surface area contributed by atoms with Gasteiger partial charge in [-0.1, -0.05) is 6.07 Å². The molecule has 0 aromatic heterocycles. The van der Waals surface area contributed by atoms with Crippen LogP contribution in [0, 0.1) is 11.3 Å². The van der Waals surface area contributed by atoms with Crippen molar-refractivity contribution in [2.24, 2.45) is 0 Å². The minimum Gasteiger partial charge on any atom is -0.495 e. The molecule has 0 aliphatic heterocycles. The van der Waals surface area contributed by atoms with Gasteiger partial charge in [-0.3, -0.25) is 4.72 Å². The summed E-state index contributed by atoms with van der Waals surface area (Å²) < 4.78 is 37.1. The molecule has 0 radical (unpaired) electrons. The standard InChI is InChI=1S/C12H15N3O5S/c1-8(2)20-12(16)15-21(17,18)14-11-9(7-13)5-4-6-10(11)19-3/h4-6,8,14H,1-3H3,(H,15,16). The van der Waals surface area contributed by atoms with Gasteiger partial charge in [-0.25, -0.2) is 9.52 Å². The maximum absolute atomic E-state index is 11.8. The Hall–Kier alpha value is -2.47. The van der Waals surface area contributed by atoms with Gasteiger partial charge in [-0.2, -0.15) is 13.7 Å². The fraction of sp³-hybridized carbons (Fsp3) is 0.333. The number of methoxy groups -OCH3 is 1. The van der Waals surface area contributed by atoms with Crippen LogP contribution >= 0.6 is 0 Å². The number of amides is 1. The Labute approximate surface area is 122 Å². The topological polar surface area (TPSA) is 118 Å². The van der Waals surface area contributed by atoms with E-state index in [0.717, 1.165) is 0 Å². The first-order valence-corrected chi connectivity index (χ1v) is 7.35. The SMILES string of the molecule is COc1cccc(C#N)c1NS(=O)(=O)NC(=O)OC(C)C. The molecule has 0 heterocycles. The number of carbonyl (C=O) groups excluding carboxylic acids is 1. The van der Waals surface area contributed by atoms with Gasteiger partial charge >= 0.3 is 16.3 Å². The number of rotatable bonds is 5. The summed E-state index contributed by atoms with van der Waals surface area (Å²) in [7, 11) is -2.92. The molecular weight excluding hydrogens is 298 g/mol. The molecule has 0 fully saturated rings. The zero-order valence-electron chi connectivity index (χ0n) is 11.7. The fourth-order valence-corrected chi connectivity index (χ4v) is 2.21. The van der Waals surface area contributed by atoms with Gasteiger partial charge in [-0.05, 0) is 26.0 Å². The van der Waals surface area contributed by atoms with Crippen LogP contribution in [0.15, 0.2) is 18.2 Å².